The van der Waals surface area contributed by atoms with Gasteiger partial charge >= 0.3 is 5.97 Å². The summed E-state index contributed by atoms with van der Waals surface area (Å²) < 4.78 is 0. The number of nitro benzene ring substituents is 1. The predicted molar refractivity (Wildman–Crippen MR) is 79.5 cm³/mol. The van der Waals surface area contributed by atoms with E-state index >= 15 is 0 Å². The van der Waals surface area contributed by atoms with Crippen LogP contribution in [0.4, 0.5) is 17.1 Å². The number of nitro groups is 1. The maximum atomic E-state index is 10.9. The van der Waals surface area contributed by atoms with Crippen LogP contribution >= 0.6 is 11.6 Å². The van der Waals surface area contributed by atoms with E-state index in [4.69, 9.17) is 16.7 Å². The standard InChI is InChI=1S/C14H11ClN2O4/c1-8-2-3-10(7-13(8)17(20)21)16-9-4-5-11(14(18)19)12(15)6-9/h2-7,16H,1H3,(H,18,19). The van der Waals surface area contributed by atoms with Gasteiger partial charge in [0.25, 0.3) is 5.69 Å². The number of hydrogen-bond donors (Lipinski definition) is 2. The first-order chi connectivity index (χ1) is 9.88. The van der Waals surface area contributed by atoms with Gasteiger partial charge in [-0.2, -0.15) is 0 Å². The van der Waals surface area contributed by atoms with E-state index in [0.717, 1.165) is 0 Å². The number of aryl methyl sites for hydroxylation is 1. The molecule has 2 rings (SSSR count). The molecule has 0 aliphatic rings. The average molecular weight is 307 g/mol. The summed E-state index contributed by atoms with van der Waals surface area (Å²) in [4.78, 5) is 21.3. The Balaban J connectivity index is 2.30. The highest BCUT2D eigenvalue weighted by Crippen LogP contribution is 2.27. The van der Waals surface area contributed by atoms with Gasteiger partial charge in [-0.1, -0.05) is 17.7 Å². The molecule has 2 aromatic carbocycles. The van der Waals surface area contributed by atoms with E-state index < -0.39 is 10.9 Å². The zero-order valence-electron chi connectivity index (χ0n) is 11.0. The summed E-state index contributed by atoms with van der Waals surface area (Å²) in [5.41, 5.74) is 1.63. The fraction of sp³-hybridized carbons (Fsp3) is 0.0714. The highest BCUT2D eigenvalue weighted by molar-refractivity contribution is 6.33. The Morgan fingerprint density at radius 3 is 2.43 bits per heavy atom. The molecule has 0 spiro atoms. The maximum Gasteiger partial charge on any atom is 0.337 e. The van der Waals surface area contributed by atoms with Gasteiger partial charge in [0, 0.05) is 23.0 Å². The lowest BCUT2D eigenvalue weighted by atomic mass is 10.1. The summed E-state index contributed by atoms with van der Waals surface area (Å²) in [5, 5.41) is 22.8. The molecule has 0 unspecified atom stereocenters. The summed E-state index contributed by atoms with van der Waals surface area (Å²) in [5.74, 6) is -1.11. The van der Waals surface area contributed by atoms with E-state index in [2.05, 4.69) is 5.32 Å². The van der Waals surface area contributed by atoms with Crippen molar-refractivity contribution in [3.05, 3.63) is 62.7 Å². The Hall–Kier alpha value is -2.60. The topological polar surface area (TPSA) is 92.5 Å². The third kappa shape index (κ3) is 3.29. The number of hydrogen-bond acceptors (Lipinski definition) is 4. The van der Waals surface area contributed by atoms with Gasteiger partial charge in [0.05, 0.1) is 15.5 Å². The Morgan fingerprint density at radius 1 is 1.24 bits per heavy atom. The van der Waals surface area contributed by atoms with Crippen molar-refractivity contribution in [2.24, 2.45) is 0 Å². The first kappa shape index (κ1) is 14.8. The van der Waals surface area contributed by atoms with Crippen molar-refractivity contribution in [1.29, 1.82) is 0 Å². The van der Waals surface area contributed by atoms with Gasteiger partial charge in [0.15, 0.2) is 0 Å². The molecular weight excluding hydrogens is 296 g/mol. The zero-order valence-corrected chi connectivity index (χ0v) is 11.7. The van der Waals surface area contributed by atoms with Crippen molar-refractivity contribution >= 4 is 34.6 Å². The molecule has 108 valence electrons. The molecule has 7 heteroatoms. The minimum absolute atomic E-state index is 0.00268. The van der Waals surface area contributed by atoms with Crippen molar-refractivity contribution in [2.75, 3.05) is 5.32 Å². The Bertz CT molecular complexity index is 731. The number of benzene rings is 2. The third-order valence-electron chi connectivity index (χ3n) is 2.89. The van der Waals surface area contributed by atoms with E-state index in [1.54, 1.807) is 25.1 Å². The van der Waals surface area contributed by atoms with Crippen LogP contribution in [-0.4, -0.2) is 16.0 Å². The fourth-order valence-electron chi connectivity index (χ4n) is 1.82. The van der Waals surface area contributed by atoms with Gasteiger partial charge in [-0.3, -0.25) is 10.1 Å². The van der Waals surface area contributed by atoms with Crippen LogP contribution in [0.2, 0.25) is 5.02 Å². The van der Waals surface area contributed by atoms with Gasteiger partial charge in [0.1, 0.15) is 0 Å². The molecule has 0 radical (unpaired) electrons. The van der Waals surface area contributed by atoms with E-state index in [9.17, 15) is 14.9 Å². The Morgan fingerprint density at radius 2 is 1.86 bits per heavy atom. The summed E-state index contributed by atoms with van der Waals surface area (Å²) in [7, 11) is 0. The van der Waals surface area contributed by atoms with Crippen molar-refractivity contribution in [3.8, 4) is 0 Å². The number of nitrogens with zero attached hydrogens (tertiary/aromatic N) is 1. The number of anilines is 2. The summed E-state index contributed by atoms with van der Waals surface area (Å²) >= 11 is 5.87. The molecule has 0 aliphatic heterocycles. The zero-order chi connectivity index (χ0) is 15.6. The number of carboxylic acid groups (broad SMARTS) is 1. The van der Waals surface area contributed by atoms with Crippen LogP contribution in [-0.2, 0) is 0 Å². The second-order valence-corrected chi connectivity index (χ2v) is 4.79. The van der Waals surface area contributed by atoms with Crippen molar-refractivity contribution in [1.82, 2.24) is 0 Å². The van der Waals surface area contributed by atoms with Crippen molar-refractivity contribution in [2.45, 2.75) is 6.92 Å². The molecule has 0 saturated heterocycles. The second-order valence-electron chi connectivity index (χ2n) is 4.38. The van der Waals surface area contributed by atoms with Crippen LogP contribution in [0.5, 0.6) is 0 Å². The van der Waals surface area contributed by atoms with Crippen LogP contribution in [0.15, 0.2) is 36.4 Å². The SMILES string of the molecule is Cc1ccc(Nc2ccc(C(=O)O)c(Cl)c2)cc1[N+](=O)[O-]. The quantitative estimate of drug-likeness (QED) is 0.658. The minimum Gasteiger partial charge on any atom is -0.478 e. The smallest absolute Gasteiger partial charge is 0.337 e. The van der Waals surface area contributed by atoms with Crippen molar-refractivity contribution in [3.63, 3.8) is 0 Å². The third-order valence-corrected chi connectivity index (χ3v) is 3.21. The van der Waals surface area contributed by atoms with E-state index in [0.29, 0.717) is 16.9 Å². The molecular formula is C14H11ClN2O4. The van der Waals surface area contributed by atoms with Crippen LogP contribution in [0, 0.1) is 17.0 Å². The largest absolute Gasteiger partial charge is 0.478 e. The highest BCUT2D eigenvalue weighted by atomic mass is 35.5. The van der Waals surface area contributed by atoms with Gasteiger partial charge in [0.2, 0.25) is 0 Å². The van der Waals surface area contributed by atoms with Gasteiger partial charge in [-0.05, 0) is 31.2 Å². The first-order valence-corrected chi connectivity index (χ1v) is 6.31. The van der Waals surface area contributed by atoms with Crippen LogP contribution < -0.4 is 5.32 Å². The van der Waals surface area contributed by atoms with E-state index in [1.165, 1.54) is 18.2 Å². The van der Waals surface area contributed by atoms with E-state index in [-0.39, 0.29) is 16.3 Å². The lowest BCUT2D eigenvalue weighted by Crippen LogP contribution is -1.99. The molecule has 2 N–H and O–H groups in total. The number of halogens is 1. The number of rotatable bonds is 4. The van der Waals surface area contributed by atoms with Gasteiger partial charge in [-0.15, -0.1) is 0 Å². The summed E-state index contributed by atoms with van der Waals surface area (Å²) in [6.07, 6.45) is 0. The molecule has 0 atom stereocenters. The van der Waals surface area contributed by atoms with Crippen LogP contribution in [0.25, 0.3) is 0 Å². The molecule has 6 nitrogen and oxygen atoms in total. The van der Waals surface area contributed by atoms with Crippen LogP contribution in [0.1, 0.15) is 15.9 Å². The number of nitrogens with one attached hydrogen (secondary N) is 1. The highest BCUT2D eigenvalue weighted by Gasteiger charge is 2.12. The predicted octanol–water partition coefficient (Wildman–Crippen LogP) is 4.00. The first-order valence-electron chi connectivity index (χ1n) is 5.93. The monoisotopic (exact) mass is 306 g/mol. The molecule has 0 saturated carbocycles. The molecule has 2 aromatic rings. The number of aromatic carboxylic acids is 1. The Kier molecular flexibility index (Phi) is 4.09. The number of carbonyl (C=O) groups is 1. The lowest BCUT2D eigenvalue weighted by Gasteiger charge is -2.08. The molecule has 0 fully saturated rings. The Labute approximate surface area is 125 Å². The second kappa shape index (κ2) is 5.80. The molecule has 0 aromatic heterocycles. The molecule has 21 heavy (non-hydrogen) atoms. The fourth-order valence-corrected chi connectivity index (χ4v) is 2.08. The normalized spacial score (nSPS) is 10.2. The van der Waals surface area contributed by atoms with Crippen LogP contribution in [0.3, 0.4) is 0 Å². The number of carboxylic acids is 1. The average Bonchev–Trinajstić information content (AvgIpc) is 2.40. The summed E-state index contributed by atoms with van der Waals surface area (Å²) in [6, 6.07) is 9.11. The minimum atomic E-state index is -1.11. The molecule has 0 heterocycles. The summed E-state index contributed by atoms with van der Waals surface area (Å²) in [6.45, 7) is 1.65. The van der Waals surface area contributed by atoms with E-state index in [1.807, 2.05) is 0 Å². The van der Waals surface area contributed by atoms with Crippen molar-refractivity contribution < 1.29 is 14.8 Å². The molecule has 0 aliphatic carbocycles. The lowest BCUT2D eigenvalue weighted by molar-refractivity contribution is -0.385. The molecule has 0 bridgehead atoms. The molecule has 0 amide bonds. The van der Waals surface area contributed by atoms with Gasteiger partial charge < -0.3 is 10.4 Å². The van der Waals surface area contributed by atoms with Gasteiger partial charge in [-0.25, -0.2) is 4.79 Å². The maximum absolute atomic E-state index is 10.9.